The molecule has 0 spiro atoms. The lowest BCUT2D eigenvalue weighted by Crippen LogP contribution is -2.39. The number of anilines is 1. The van der Waals surface area contributed by atoms with Gasteiger partial charge in [-0.15, -0.1) is 0 Å². The van der Waals surface area contributed by atoms with Crippen molar-refractivity contribution in [1.29, 1.82) is 0 Å². The van der Waals surface area contributed by atoms with Crippen molar-refractivity contribution < 1.29 is 23.8 Å². The third-order valence-corrected chi connectivity index (χ3v) is 3.91. The van der Waals surface area contributed by atoms with Crippen LogP contribution in [0.3, 0.4) is 0 Å². The summed E-state index contributed by atoms with van der Waals surface area (Å²) in [6.45, 7) is 0. The molecule has 0 saturated carbocycles. The Morgan fingerprint density at radius 1 is 1.24 bits per heavy atom. The molecule has 1 aromatic rings. The molecule has 1 amide bonds. The van der Waals surface area contributed by atoms with E-state index in [1.54, 1.807) is 12.2 Å². The Bertz CT molecular complexity index is 648. The number of aliphatic carboxylic acids is 1. The lowest BCUT2D eigenvalue weighted by molar-refractivity contribution is -0.145. The SMILES string of the molecule is O=C(O)[C@@H]1[C@H](C(=O)Nc2ccc(Cl)cc2F)[C@H]2C=C[C@@H]1O2. The Morgan fingerprint density at radius 3 is 2.52 bits per heavy atom. The third kappa shape index (κ3) is 2.41. The summed E-state index contributed by atoms with van der Waals surface area (Å²) in [6.07, 6.45) is 2.09. The molecule has 5 nitrogen and oxygen atoms in total. The minimum atomic E-state index is -1.11. The van der Waals surface area contributed by atoms with Gasteiger partial charge in [0, 0.05) is 5.02 Å². The van der Waals surface area contributed by atoms with Crippen LogP contribution in [0.4, 0.5) is 10.1 Å². The number of carbonyl (C=O) groups is 2. The first-order chi connectivity index (χ1) is 9.97. The summed E-state index contributed by atoms with van der Waals surface area (Å²) in [7, 11) is 0. The van der Waals surface area contributed by atoms with Crippen molar-refractivity contribution in [2.75, 3.05) is 5.32 Å². The van der Waals surface area contributed by atoms with Gasteiger partial charge in [0.15, 0.2) is 0 Å². The number of benzene rings is 1. The van der Waals surface area contributed by atoms with Gasteiger partial charge in [0.1, 0.15) is 11.7 Å². The van der Waals surface area contributed by atoms with E-state index in [0.717, 1.165) is 6.07 Å². The van der Waals surface area contributed by atoms with E-state index in [0.29, 0.717) is 0 Å². The van der Waals surface area contributed by atoms with Gasteiger partial charge in [0.2, 0.25) is 5.91 Å². The van der Waals surface area contributed by atoms with Gasteiger partial charge in [-0.3, -0.25) is 9.59 Å². The number of ether oxygens (including phenoxy) is 1. The number of hydrogen-bond acceptors (Lipinski definition) is 3. The average Bonchev–Trinajstić information content (AvgIpc) is 3.02. The van der Waals surface area contributed by atoms with Crippen LogP contribution in [0.2, 0.25) is 5.02 Å². The van der Waals surface area contributed by atoms with Crippen molar-refractivity contribution in [3.05, 3.63) is 41.2 Å². The molecule has 2 bridgehead atoms. The summed E-state index contributed by atoms with van der Waals surface area (Å²) in [4.78, 5) is 23.6. The van der Waals surface area contributed by atoms with E-state index in [9.17, 15) is 19.1 Å². The second-order valence-corrected chi connectivity index (χ2v) is 5.39. The largest absolute Gasteiger partial charge is 0.481 e. The lowest BCUT2D eigenvalue weighted by Gasteiger charge is -2.21. The number of nitrogens with one attached hydrogen (secondary N) is 1. The van der Waals surface area contributed by atoms with Gasteiger partial charge in [0.25, 0.3) is 0 Å². The summed E-state index contributed by atoms with van der Waals surface area (Å²) in [5, 5.41) is 11.8. The molecule has 21 heavy (non-hydrogen) atoms. The normalized spacial score (nSPS) is 29.6. The van der Waals surface area contributed by atoms with Crippen LogP contribution >= 0.6 is 11.6 Å². The fourth-order valence-electron chi connectivity index (χ4n) is 2.72. The zero-order valence-electron chi connectivity index (χ0n) is 10.6. The van der Waals surface area contributed by atoms with Crippen molar-refractivity contribution >= 4 is 29.2 Å². The predicted molar refractivity (Wildman–Crippen MR) is 72.5 cm³/mol. The molecule has 1 aromatic carbocycles. The van der Waals surface area contributed by atoms with E-state index in [4.69, 9.17) is 16.3 Å². The van der Waals surface area contributed by atoms with Gasteiger partial charge < -0.3 is 15.2 Å². The number of carbonyl (C=O) groups excluding carboxylic acids is 1. The first-order valence-corrected chi connectivity index (χ1v) is 6.67. The maximum atomic E-state index is 13.7. The summed E-state index contributed by atoms with van der Waals surface area (Å²) >= 11 is 5.64. The molecule has 0 aromatic heterocycles. The van der Waals surface area contributed by atoms with Gasteiger partial charge in [-0.25, -0.2) is 4.39 Å². The first-order valence-electron chi connectivity index (χ1n) is 6.30. The number of carboxylic acids is 1. The van der Waals surface area contributed by atoms with Crippen molar-refractivity contribution in [2.24, 2.45) is 11.8 Å². The van der Waals surface area contributed by atoms with Crippen molar-refractivity contribution in [1.82, 2.24) is 0 Å². The van der Waals surface area contributed by atoms with Crippen LogP contribution in [0.25, 0.3) is 0 Å². The molecular formula is C14H11ClFNO4. The third-order valence-electron chi connectivity index (χ3n) is 3.68. The quantitative estimate of drug-likeness (QED) is 0.838. The van der Waals surface area contributed by atoms with Gasteiger partial charge in [-0.1, -0.05) is 23.8 Å². The minimum absolute atomic E-state index is 0.0414. The highest BCUT2D eigenvalue weighted by Crippen LogP contribution is 2.40. The minimum Gasteiger partial charge on any atom is -0.481 e. The second-order valence-electron chi connectivity index (χ2n) is 4.95. The van der Waals surface area contributed by atoms with E-state index >= 15 is 0 Å². The molecule has 2 heterocycles. The van der Waals surface area contributed by atoms with E-state index in [1.807, 2.05) is 0 Å². The molecule has 0 aliphatic carbocycles. The van der Waals surface area contributed by atoms with Crippen LogP contribution in [0.1, 0.15) is 0 Å². The standard InChI is InChI=1S/C14H11ClFNO4/c15-6-1-2-8(7(16)5-6)17-13(18)11-9-3-4-10(21-9)12(11)14(19)20/h1-5,9-12H,(H,17,18)(H,19,20)/t9-,10+,11-,12+/m1/s1. The Morgan fingerprint density at radius 2 is 1.90 bits per heavy atom. The highest BCUT2D eigenvalue weighted by molar-refractivity contribution is 6.30. The molecule has 7 heteroatoms. The fourth-order valence-corrected chi connectivity index (χ4v) is 2.88. The molecule has 110 valence electrons. The zero-order chi connectivity index (χ0) is 15.1. The number of halogens is 2. The summed E-state index contributed by atoms with van der Waals surface area (Å²) in [5.41, 5.74) is -0.0414. The molecule has 1 fully saturated rings. The van der Waals surface area contributed by atoms with Crippen LogP contribution in [-0.2, 0) is 14.3 Å². The van der Waals surface area contributed by atoms with Gasteiger partial charge in [-0.2, -0.15) is 0 Å². The van der Waals surface area contributed by atoms with Gasteiger partial charge in [0.05, 0.1) is 23.8 Å². The second kappa shape index (κ2) is 5.13. The van der Waals surface area contributed by atoms with E-state index in [1.165, 1.54) is 12.1 Å². The van der Waals surface area contributed by atoms with Crippen molar-refractivity contribution in [3.8, 4) is 0 Å². The van der Waals surface area contributed by atoms with Crippen LogP contribution in [-0.4, -0.2) is 29.2 Å². The molecule has 2 aliphatic rings. The Balaban J connectivity index is 1.82. The molecule has 4 atom stereocenters. The van der Waals surface area contributed by atoms with Crippen LogP contribution in [0, 0.1) is 17.7 Å². The van der Waals surface area contributed by atoms with Gasteiger partial charge >= 0.3 is 5.97 Å². The maximum absolute atomic E-state index is 13.7. The molecule has 2 N–H and O–H groups in total. The van der Waals surface area contributed by atoms with E-state index < -0.39 is 41.7 Å². The number of fused-ring (bicyclic) bond motifs is 2. The molecule has 2 aliphatic heterocycles. The van der Waals surface area contributed by atoms with Crippen molar-refractivity contribution in [3.63, 3.8) is 0 Å². The topological polar surface area (TPSA) is 75.6 Å². The fraction of sp³-hybridized carbons (Fsp3) is 0.286. The van der Waals surface area contributed by atoms with E-state index in [2.05, 4.69) is 5.32 Å². The number of carboxylic acid groups (broad SMARTS) is 1. The summed E-state index contributed by atoms with van der Waals surface area (Å²) < 4.78 is 19.1. The van der Waals surface area contributed by atoms with Crippen LogP contribution < -0.4 is 5.32 Å². The van der Waals surface area contributed by atoms with Crippen molar-refractivity contribution in [2.45, 2.75) is 12.2 Å². The molecule has 0 radical (unpaired) electrons. The molecule has 1 saturated heterocycles. The summed E-state index contributed by atoms with van der Waals surface area (Å²) in [6, 6.07) is 3.84. The Labute approximate surface area is 124 Å². The first kappa shape index (κ1) is 14.0. The van der Waals surface area contributed by atoms with Crippen LogP contribution in [0.15, 0.2) is 30.4 Å². The summed E-state index contributed by atoms with van der Waals surface area (Å²) in [5.74, 6) is -4.21. The average molecular weight is 312 g/mol. The number of hydrogen-bond donors (Lipinski definition) is 2. The predicted octanol–water partition coefficient (Wildman–Crippen LogP) is 2.07. The van der Waals surface area contributed by atoms with Crippen LogP contribution in [0.5, 0.6) is 0 Å². The number of amides is 1. The maximum Gasteiger partial charge on any atom is 0.310 e. The van der Waals surface area contributed by atoms with Gasteiger partial charge in [-0.05, 0) is 18.2 Å². The highest BCUT2D eigenvalue weighted by atomic mass is 35.5. The van der Waals surface area contributed by atoms with E-state index in [-0.39, 0.29) is 10.7 Å². The monoisotopic (exact) mass is 311 g/mol. The Hall–Kier alpha value is -1.92. The lowest BCUT2D eigenvalue weighted by atomic mass is 9.82. The smallest absolute Gasteiger partial charge is 0.310 e. The number of rotatable bonds is 3. The zero-order valence-corrected chi connectivity index (χ0v) is 11.4. The molecule has 0 unspecified atom stereocenters. The molecule has 3 rings (SSSR count). The Kier molecular flexibility index (Phi) is 3.43. The highest BCUT2D eigenvalue weighted by Gasteiger charge is 2.53. The molecular weight excluding hydrogens is 301 g/mol.